The van der Waals surface area contributed by atoms with Gasteiger partial charge < -0.3 is 10.2 Å². The average Bonchev–Trinajstić information content (AvgIpc) is 2.17. The fraction of sp³-hybridized carbons (Fsp3) is 0.833. The zero-order valence-electron chi connectivity index (χ0n) is 9.28. The predicted octanol–water partition coefficient (Wildman–Crippen LogP) is 2.64. The summed E-state index contributed by atoms with van der Waals surface area (Å²) in [5.74, 6) is 0. The van der Waals surface area contributed by atoms with E-state index in [1.165, 1.54) is 0 Å². The Morgan fingerprint density at radius 1 is 1.07 bits per heavy atom. The van der Waals surface area contributed by atoms with Crippen molar-refractivity contribution in [3.8, 4) is 0 Å². The van der Waals surface area contributed by atoms with Crippen LogP contribution in [0.1, 0.15) is 51.9 Å². The van der Waals surface area contributed by atoms with Gasteiger partial charge in [0.05, 0.1) is 12.2 Å². The summed E-state index contributed by atoms with van der Waals surface area (Å²) in [7, 11) is 0. The number of aliphatic hydroxyl groups excluding tert-OH is 2. The Labute approximate surface area is 87.7 Å². The Morgan fingerprint density at radius 3 is 2.29 bits per heavy atom. The molecule has 0 saturated carbocycles. The highest BCUT2D eigenvalue weighted by Gasteiger charge is 2.13. The molecular formula is C12H24O2. The van der Waals surface area contributed by atoms with Crippen LogP contribution < -0.4 is 0 Å². The van der Waals surface area contributed by atoms with Crippen LogP contribution in [0.4, 0.5) is 0 Å². The molecule has 0 spiro atoms. The second kappa shape index (κ2) is 9.22. The van der Waals surface area contributed by atoms with Crippen LogP contribution in [0, 0.1) is 0 Å². The summed E-state index contributed by atoms with van der Waals surface area (Å²) >= 11 is 0. The molecule has 2 N–H and O–H groups in total. The highest BCUT2D eigenvalue weighted by molar-refractivity contribution is 4.68. The lowest BCUT2D eigenvalue weighted by atomic mass is 10.0. The van der Waals surface area contributed by atoms with E-state index < -0.39 is 12.2 Å². The molecule has 0 aromatic carbocycles. The molecule has 0 aromatic rings. The normalized spacial score (nSPS) is 15.1. The molecule has 2 unspecified atom stereocenters. The molecule has 0 aliphatic heterocycles. The molecule has 0 saturated heterocycles. The first-order valence-corrected chi connectivity index (χ1v) is 5.69. The maximum absolute atomic E-state index is 9.54. The largest absolute Gasteiger partial charge is 0.390 e. The average molecular weight is 200 g/mol. The van der Waals surface area contributed by atoms with E-state index in [4.69, 9.17) is 0 Å². The minimum absolute atomic E-state index is 0.528. The molecule has 84 valence electrons. The van der Waals surface area contributed by atoms with E-state index in [0.717, 1.165) is 38.5 Å². The van der Waals surface area contributed by atoms with Gasteiger partial charge in [0.15, 0.2) is 0 Å². The highest BCUT2D eigenvalue weighted by atomic mass is 16.3. The summed E-state index contributed by atoms with van der Waals surface area (Å²) < 4.78 is 0. The Hall–Kier alpha value is -0.340. The third-order valence-corrected chi connectivity index (χ3v) is 2.44. The van der Waals surface area contributed by atoms with Gasteiger partial charge in [-0.3, -0.25) is 0 Å². The molecule has 2 heteroatoms. The molecule has 0 rings (SSSR count). The van der Waals surface area contributed by atoms with Crippen molar-refractivity contribution >= 4 is 0 Å². The zero-order chi connectivity index (χ0) is 10.8. The molecule has 14 heavy (non-hydrogen) atoms. The molecule has 0 aromatic heterocycles. The van der Waals surface area contributed by atoms with Crippen molar-refractivity contribution in [2.24, 2.45) is 0 Å². The van der Waals surface area contributed by atoms with E-state index in [9.17, 15) is 10.2 Å². The van der Waals surface area contributed by atoms with Gasteiger partial charge in [-0.1, -0.05) is 32.3 Å². The number of unbranched alkanes of at least 4 members (excludes halogenated alkanes) is 3. The standard InChI is InChI=1S/C12H24O2/c1-3-5-6-7-8-10-12(14)11(13)9-4-2/h3,11-14H,1,4-10H2,2H3. The first-order chi connectivity index (χ1) is 6.72. The quantitative estimate of drug-likeness (QED) is 0.444. The SMILES string of the molecule is C=CCCCCCC(O)C(O)CCC. The van der Waals surface area contributed by atoms with Crippen molar-refractivity contribution in [1.82, 2.24) is 0 Å². The maximum Gasteiger partial charge on any atom is 0.0799 e. The Balaban J connectivity index is 3.33. The molecule has 2 atom stereocenters. The number of rotatable bonds is 9. The van der Waals surface area contributed by atoms with Gasteiger partial charge >= 0.3 is 0 Å². The van der Waals surface area contributed by atoms with Gasteiger partial charge in [-0.15, -0.1) is 6.58 Å². The molecule has 0 fully saturated rings. The van der Waals surface area contributed by atoms with Gasteiger partial charge in [0.1, 0.15) is 0 Å². The number of allylic oxidation sites excluding steroid dienone is 1. The van der Waals surface area contributed by atoms with Crippen molar-refractivity contribution in [3.05, 3.63) is 12.7 Å². The summed E-state index contributed by atoms with van der Waals surface area (Å²) in [4.78, 5) is 0. The summed E-state index contributed by atoms with van der Waals surface area (Å²) in [6.45, 7) is 5.67. The lowest BCUT2D eigenvalue weighted by molar-refractivity contribution is 0.00820. The van der Waals surface area contributed by atoms with Gasteiger partial charge in [-0.05, 0) is 25.7 Å². The van der Waals surface area contributed by atoms with Crippen LogP contribution in [0.15, 0.2) is 12.7 Å². The topological polar surface area (TPSA) is 40.5 Å². The van der Waals surface area contributed by atoms with E-state index in [2.05, 4.69) is 6.58 Å². The van der Waals surface area contributed by atoms with Crippen LogP contribution in [-0.4, -0.2) is 22.4 Å². The van der Waals surface area contributed by atoms with E-state index in [1.807, 2.05) is 13.0 Å². The highest BCUT2D eigenvalue weighted by Crippen LogP contribution is 2.11. The second-order valence-corrected chi connectivity index (χ2v) is 3.85. The number of hydrogen-bond donors (Lipinski definition) is 2. The van der Waals surface area contributed by atoms with Crippen molar-refractivity contribution in [3.63, 3.8) is 0 Å². The van der Waals surface area contributed by atoms with Crippen LogP contribution in [0.3, 0.4) is 0 Å². The van der Waals surface area contributed by atoms with Gasteiger partial charge in [0.2, 0.25) is 0 Å². The minimum Gasteiger partial charge on any atom is -0.390 e. The van der Waals surface area contributed by atoms with Gasteiger partial charge in [-0.25, -0.2) is 0 Å². The molecule has 0 amide bonds. The van der Waals surface area contributed by atoms with Crippen LogP contribution in [0.2, 0.25) is 0 Å². The Bertz CT molecular complexity index is 134. The lowest BCUT2D eigenvalue weighted by Crippen LogP contribution is -2.25. The summed E-state index contributed by atoms with van der Waals surface area (Å²) in [6, 6.07) is 0. The fourth-order valence-corrected chi connectivity index (χ4v) is 1.50. The maximum atomic E-state index is 9.54. The van der Waals surface area contributed by atoms with Crippen molar-refractivity contribution in [2.45, 2.75) is 64.1 Å². The van der Waals surface area contributed by atoms with E-state index in [1.54, 1.807) is 0 Å². The molecule has 2 nitrogen and oxygen atoms in total. The molecule has 0 heterocycles. The molecule has 0 radical (unpaired) electrons. The Kier molecular flexibility index (Phi) is 9.00. The van der Waals surface area contributed by atoms with E-state index >= 15 is 0 Å². The predicted molar refractivity (Wildman–Crippen MR) is 60.2 cm³/mol. The summed E-state index contributed by atoms with van der Waals surface area (Å²) in [5, 5.41) is 19.0. The van der Waals surface area contributed by atoms with Crippen molar-refractivity contribution in [2.75, 3.05) is 0 Å². The number of aliphatic hydroxyl groups is 2. The number of hydrogen-bond acceptors (Lipinski definition) is 2. The van der Waals surface area contributed by atoms with Crippen molar-refractivity contribution < 1.29 is 10.2 Å². The van der Waals surface area contributed by atoms with Gasteiger partial charge in [0, 0.05) is 0 Å². The first-order valence-electron chi connectivity index (χ1n) is 5.69. The molecular weight excluding hydrogens is 176 g/mol. The van der Waals surface area contributed by atoms with Crippen LogP contribution in [-0.2, 0) is 0 Å². The first kappa shape index (κ1) is 13.7. The fourth-order valence-electron chi connectivity index (χ4n) is 1.50. The van der Waals surface area contributed by atoms with Crippen LogP contribution >= 0.6 is 0 Å². The lowest BCUT2D eigenvalue weighted by Gasteiger charge is -2.16. The molecule has 0 bridgehead atoms. The third kappa shape index (κ3) is 7.10. The van der Waals surface area contributed by atoms with E-state index in [-0.39, 0.29) is 0 Å². The molecule has 0 aliphatic carbocycles. The molecule has 0 aliphatic rings. The smallest absolute Gasteiger partial charge is 0.0799 e. The third-order valence-electron chi connectivity index (χ3n) is 2.44. The zero-order valence-corrected chi connectivity index (χ0v) is 9.28. The monoisotopic (exact) mass is 200 g/mol. The Morgan fingerprint density at radius 2 is 1.71 bits per heavy atom. The van der Waals surface area contributed by atoms with E-state index in [0.29, 0.717) is 6.42 Å². The second-order valence-electron chi connectivity index (χ2n) is 3.85. The van der Waals surface area contributed by atoms with Crippen molar-refractivity contribution in [1.29, 1.82) is 0 Å². The summed E-state index contributed by atoms with van der Waals surface area (Å²) in [5.41, 5.74) is 0. The van der Waals surface area contributed by atoms with Crippen LogP contribution in [0.25, 0.3) is 0 Å². The van der Waals surface area contributed by atoms with Gasteiger partial charge in [-0.2, -0.15) is 0 Å². The summed E-state index contributed by atoms with van der Waals surface area (Å²) in [6.07, 6.45) is 7.51. The minimum atomic E-state index is -0.529. The van der Waals surface area contributed by atoms with Crippen LogP contribution in [0.5, 0.6) is 0 Å². The van der Waals surface area contributed by atoms with Gasteiger partial charge in [0.25, 0.3) is 0 Å².